The highest BCUT2D eigenvalue weighted by Crippen LogP contribution is 2.43. The lowest BCUT2D eigenvalue weighted by Gasteiger charge is -2.31. The number of likely N-dealkylation sites (tertiary alicyclic amines) is 1. The first-order valence-electron chi connectivity index (χ1n) is 11.7. The van der Waals surface area contributed by atoms with Gasteiger partial charge in [0.25, 0.3) is 11.7 Å². The van der Waals surface area contributed by atoms with Gasteiger partial charge in [-0.15, -0.1) is 0 Å². The molecule has 1 saturated heterocycles. The molecule has 1 heterocycles. The molecule has 2 fully saturated rings. The number of rotatable bonds is 7. The third-order valence-corrected chi connectivity index (χ3v) is 6.52. The molecule has 0 spiro atoms. The maximum Gasteiger partial charge on any atom is 0.295 e. The molecule has 6 nitrogen and oxygen atoms in total. The molecule has 1 unspecified atom stereocenters. The first kappa shape index (κ1) is 22.9. The Morgan fingerprint density at radius 3 is 2.24 bits per heavy atom. The van der Waals surface area contributed by atoms with Gasteiger partial charge in [0, 0.05) is 31.4 Å². The lowest BCUT2D eigenvalue weighted by atomic mass is 9.94. The average Bonchev–Trinajstić information content (AvgIpc) is 3.44. The van der Waals surface area contributed by atoms with Crippen LogP contribution in [0.3, 0.4) is 0 Å². The predicted octanol–water partition coefficient (Wildman–Crippen LogP) is 4.91. The van der Waals surface area contributed by atoms with E-state index in [1.807, 2.05) is 50.2 Å². The molecule has 1 aliphatic heterocycles. The van der Waals surface area contributed by atoms with Gasteiger partial charge in [-0.1, -0.05) is 31.9 Å². The number of carbonyl (C=O) groups excluding carboxylic acids is 2. The summed E-state index contributed by atoms with van der Waals surface area (Å²) in [6.07, 6.45) is 4.74. The van der Waals surface area contributed by atoms with Crippen molar-refractivity contribution in [3.63, 3.8) is 0 Å². The van der Waals surface area contributed by atoms with Crippen LogP contribution in [-0.4, -0.2) is 48.4 Å². The van der Waals surface area contributed by atoms with Crippen LogP contribution in [-0.2, 0) is 9.59 Å². The quantitative estimate of drug-likeness (QED) is 0.370. The highest BCUT2D eigenvalue weighted by Gasteiger charge is 2.49. The molecule has 6 heteroatoms. The summed E-state index contributed by atoms with van der Waals surface area (Å²) in [6.45, 7) is 2.65. The second-order valence-electron chi connectivity index (χ2n) is 9.00. The van der Waals surface area contributed by atoms with Crippen molar-refractivity contribution in [1.82, 2.24) is 4.90 Å². The number of benzene rings is 2. The number of amides is 1. The summed E-state index contributed by atoms with van der Waals surface area (Å²) in [4.78, 5) is 30.1. The van der Waals surface area contributed by atoms with Gasteiger partial charge in [-0.2, -0.15) is 0 Å². The van der Waals surface area contributed by atoms with E-state index < -0.39 is 17.7 Å². The van der Waals surface area contributed by atoms with Crippen molar-refractivity contribution in [2.45, 2.75) is 51.1 Å². The van der Waals surface area contributed by atoms with E-state index in [1.54, 1.807) is 29.2 Å². The number of hydrogen-bond donors (Lipinski definition) is 1. The molecule has 0 bridgehead atoms. The Balaban J connectivity index is 1.78. The summed E-state index contributed by atoms with van der Waals surface area (Å²) in [7, 11) is 3.93. The minimum absolute atomic E-state index is 0.00935. The molecule has 1 saturated carbocycles. The van der Waals surface area contributed by atoms with Gasteiger partial charge in [0.15, 0.2) is 0 Å². The number of Topliss-reactive ketones (excluding diaryl/α,β-unsaturated/α-hetero) is 1. The van der Waals surface area contributed by atoms with Crippen molar-refractivity contribution in [3.8, 4) is 5.75 Å². The molecule has 33 heavy (non-hydrogen) atoms. The second kappa shape index (κ2) is 9.69. The van der Waals surface area contributed by atoms with Gasteiger partial charge in [0.05, 0.1) is 18.2 Å². The molecule has 174 valence electrons. The number of ketones is 1. The number of ether oxygens (including phenoxy) is 1. The zero-order valence-corrected chi connectivity index (χ0v) is 19.6. The first-order valence-corrected chi connectivity index (χ1v) is 11.7. The molecule has 1 atom stereocenters. The fraction of sp³-hybridized carbons (Fsp3) is 0.407. The molecule has 4 rings (SSSR count). The fourth-order valence-corrected chi connectivity index (χ4v) is 4.78. The van der Waals surface area contributed by atoms with Crippen molar-refractivity contribution < 1.29 is 19.4 Å². The maximum atomic E-state index is 13.2. The Labute approximate surface area is 195 Å². The van der Waals surface area contributed by atoms with Gasteiger partial charge in [-0.25, -0.2) is 0 Å². The van der Waals surface area contributed by atoms with Crippen molar-refractivity contribution in [3.05, 3.63) is 65.2 Å². The van der Waals surface area contributed by atoms with E-state index in [4.69, 9.17) is 4.74 Å². The van der Waals surface area contributed by atoms with Gasteiger partial charge in [-0.3, -0.25) is 9.59 Å². The van der Waals surface area contributed by atoms with Crippen molar-refractivity contribution in [1.29, 1.82) is 0 Å². The smallest absolute Gasteiger partial charge is 0.295 e. The minimum atomic E-state index is -0.618. The topological polar surface area (TPSA) is 70.1 Å². The molecular weight excluding hydrogens is 416 g/mol. The Bertz CT molecular complexity index is 1030. The van der Waals surface area contributed by atoms with Crippen molar-refractivity contribution in [2.24, 2.45) is 0 Å². The summed E-state index contributed by atoms with van der Waals surface area (Å²) >= 11 is 0. The van der Waals surface area contributed by atoms with Crippen LogP contribution < -0.4 is 9.64 Å². The molecule has 2 aromatic carbocycles. The van der Waals surface area contributed by atoms with Crippen LogP contribution in [0.2, 0.25) is 0 Å². The van der Waals surface area contributed by atoms with Crippen LogP contribution >= 0.6 is 0 Å². The van der Waals surface area contributed by atoms with Gasteiger partial charge >= 0.3 is 0 Å². The third-order valence-electron chi connectivity index (χ3n) is 6.52. The van der Waals surface area contributed by atoms with Gasteiger partial charge in [0.2, 0.25) is 0 Å². The van der Waals surface area contributed by atoms with E-state index in [1.165, 1.54) is 0 Å². The maximum absolute atomic E-state index is 13.2. The Morgan fingerprint density at radius 2 is 1.67 bits per heavy atom. The number of hydrogen-bond acceptors (Lipinski definition) is 5. The molecule has 1 aliphatic carbocycles. The largest absolute Gasteiger partial charge is 0.507 e. The monoisotopic (exact) mass is 448 g/mol. The van der Waals surface area contributed by atoms with Crippen LogP contribution in [0.15, 0.2) is 54.1 Å². The van der Waals surface area contributed by atoms with E-state index >= 15 is 0 Å². The van der Waals surface area contributed by atoms with Gasteiger partial charge in [-0.05, 0) is 61.2 Å². The number of carbonyl (C=O) groups is 2. The number of aliphatic hydroxyl groups is 1. The van der Waals surface area contributed by atoms with E-state index in [0.717, 1.165) is 43.4 Å². The summed E-state index contributed by atoms with van der Waals surface area (Å²) in [6, 6.07) is 14.3. The van der Waals surface area contributed by atoms with Crippen LogP contribution in [0.25, 0.3) is 5.76 Å². The SMILES string of the molecule is CCCOc1ccc(/C(O)=C2/C(=O)C(=O)N(C3CCCC3)C2c2ccc(N(C)C)cc2)cc1. The van der Waals surface area contributed by atoms with E-state index in [0.29, 0.717) is 17.9 Å². The molecule has 2 aromatic rings. The minimum Gasteiger partial charge on any atom is -0.507 e. The zero-order chi connectivity index (χ0) is 23.5. The average molecular weight is 449 g/mol. The first-order chi connectivity index (χ1) is 15.9. The third kappa shape index (κ3) is 4.47. The van der Waals surface area contributed by atoms with Crippen LogP contribution in [0.4, 0.5) is 5.69 Å². The molecule has 0 radical (unpaired) electrons. The molecule has 1 N–H and O–H groups in total. The van der Waals surface area contributed by atoms with Crippen LogP contribution in [0, 0.1) is 0 Å². The van der Waals surface area contributed by atoms with Gasteiger partial charge < -0.3 is 19.6 Å². The number of anilines is 1. The lowest BCUT2D eigenvalue weighted by molar-refractivity contribution is -0.141. The summed E-state index contributed by atoms with van der Waals surface area (Å²) in [5.41, 5.74) is 2.51. The van der Waals surface area contributed by atoms with E-state index in [-0.39, 0.29) is 17.4 Å². The molecule has 0 aromatic heterocycles. The summed E-state index contributed by atoms with van der Waals surface area (Å²) in [5, 5.41) is 11.2. The van der Waals surface area contributed by atoms with Crippen molar-refractivity contribution >= 4 is 23.1 Å². The predicted molar refractivity (Wildman–Crippen MR) is 129 cm³/mol. The van der Waals surface area contributed by atoms with Crippen LogP contribution in [0.5, 0.6) is 5.75 Å². The van der Waals surface area contributed by atoms with Gasteiger partial charge in [0.1, 0.15) is 11.5 Å². The lowest BCUT2D eigenvalue weighted by Crippen LogP contribution is -2.37. The standard InChI is InChI=1S/C27H32N2O4/c1-4-17-33-22-15-11-19(12-16-22)25(30)23-24(18-9-13-20(14-10-18)28(2)3)29(27(32)26(23)31)21-7-5-6-8-21/h9-16,21,24,30H,4-8,17H2,1-3H3/b25-23-. The Hall–Kier alpha value is -3.28. The van der Waals surface area contributed by atoms with Crippen LogP contribution in [0.1, 0.15) is 56.2 Å². The molecule has 2 aliphatic rings. The van der Waals surface area contributed by atoms with E-state index in [2.05, 4.69) is 0 Å². The molecular formula is C27H32N2O4. The number of aliphatic hydroxyl groups excluding tert-OH is 1. The normalized spacial score (nSPS) is 20.5. The Kier molecular flexibility index (Phi) is 6.72. The number of nitrogens with zero attached hydrogens (tertiary/aromatic N) is 2. The highest BCUT2D eigenvalue weighted by molar-refractivity contribution is 6.46. The Morgan fingerprint density at radius 1 is 1.03 bits per heavy atom. The van der Waals surface area contributed by atoms with Crippen molar-refractivity contribution in [2.75, 3.05) is 25.6 Å². The fourth-order valence-electron chi connectivity index (χ4n) is 4.78. The second-order valence-corrected chi connectivity index (χ2v) is 9.00. The highest BCUT2D eigenvalue weighted by atomic mass is 16.5. The molecule has 1 amide bonds. The summed E-state index contributed by atoms with van der Waals surface area (Å²) in [5.74, 6) is -0.575. The summed E-state index contributed by atoms with van der Waals surface area (Å²) < 4.78 is 5.63. The van der Waals surface area contributed by atoms with E-state index in [9.17, 15) is 14.7 Å². The zero-order valence-electron chi connectivity index (χ0n) is 19.6.